The van der Waals surface area contributed by atoms with Crippen molar-refractivity contribution in [3.8, 4) is 0 Å². The molecule has 0 aliphatic heterocycles. The van der Waals surface area contributed by atoms with E-state index in [4.69, 9.17) is 0 Å². The number of benzene rings is 1. The van der Waals surface area contributed by atoms with Crippen LogP contribution in [0.5, 0.6) is 0 Å². The Morgan fingerprint density at radius 3 is 2.67 bits per heavy atom. The first-order valence-electron chi connectivity index (χ1n) is 4.79. The van der Waals surface area contributed by atoms with Gasteiger partial charge in [-0.25, -0.2) is 9.37 Å². The van der Waals surface area contributed by atoms with Crippen LogP contribution in [0.4, 0.5) is 4.39 Å². The molecule has 1 N–H and O–H groups in total. The van der Waals surface area contributed by atoms with E-state index in [-0.39, 0.29) is 12.6 Å². The molecule has 0 bridgehead atoms. The van der Waals surface area contributed by atoms with Gasteiger partial charge in [-0.05, 0) is 26.0 Å². The van der Waals surface area contributed by atoms with E-state index in [1.165, 1.54) is 18.4 Å². The summed E-state index contributed by atoms with van der Waals surface area (Å²) in [6.45, 7) is 2.60. The Balaban J connectivity index is 2.75. The highest BCUT2D eigenvalue weighted by Crippen LogP contribution is 2.27. The van der Waals surface area contributed by atoms with E-state index in [0.29, 0.717) is 5.52 Å². The van der Waals surface area contributed by atoms with Crippen LogP contribution in [0.15, 0.2) is 24.3 Å². The molecule has 0 saturated heterocycles. The Labute approximate surface area is 87.2 Å². The van der Waals surface area contributed by atoms with Crippen molar-refractivity contribution in [2.24, 2.45) is 0 Å². The van der Waals surface area contributed by atoms with Gasteiger partial charge in [0.05, 0.1) is 11.0 Å². The summed E-state index contributed by atoms with van der Waals surface area (Å²) in [6.07, 6.45) is 0. The maximum absolute atomic E-state index is 13.8. The van der Waals surface area contributed by atoms with Gasteiger partial charge in [0, 0.05) is 0 Å². The van der Waals surface area contributed by atoms with Crippen LogP contribution in [0, 0.1) is 0 Å². The first-order valence-corrected chi connectivity index (χ1v) is 4.79. The summed E-state index contributed by atoms with van der Waals surface area (Å²) < 4.78 is 15.3. The van der Waals surface area contributed by atoms with Gasteiger partial charge in [-0.15, -0.1) is 0 Å². The topological polar surface area (TPSA) is 38.0 Å². The molecule has 0 aliphatic carbocycles. The predicted octanol–water partition coefficient (Wildman–Crippen LogP) is 2.19. The van der Waals surface area contributed by atoms with Gasteiger partial charge in [-0.1, -0.05) is 12.1 Å². The molecule has 3 nitrogen and oxygen atoms in total. The number of alkyl halides is 1. The first kappa shape index (κ1) is 10.1. The molecule has 0 amide bonds. The number of aromatic nitrogens is 2. The van der Waals surface area contributed by atoms with Gasteiger partial charge in [0.25, 0.3) is 0 Å². The Kier molecular flexibility index (Phi) is 2.23. The van der Waals surface area contributed by atoms with Crippen LogP contribution >= 0.6 is 0 Å². The van der Waals surface area contributed by atoms with Crippen LogP contribution in [0.25, 0.3) is 11.0 Å². The SMILES string of the molecule is CC(C)(F)c1nc2ccccc2n1CO. The van der Waals surface area contributed by atoms with E-state index >= 15 is 0 Å². The molecule has 0 unspecified atom stereocenters. The first-order chi connectivity index (χ1) is 7.04. The Hall–Kier alpha value is -1.42. The highest BCUT2D eigenvalue weighted by Gasteiger charge is 2.26. The number of aliphatic hydroxyl groups excluding tert-OH is 1. The van der Waals surface area contributed by atoms with Gasteiger partial charge in [-0.2, -0.15) is 0 Å². The number of halogens is 1. The zero-order chi connectivity index (χ0) is 11.1. The van der Waals surface area contributed by atoms with E-state index in [1.54, 1.807) is 6.07 Å². The lowest BCUT2D eigenvalue weighted by Crippen LogP contribution is -2.17. The molecule has 0 radical (unpaired) electrons. The summed E-state index contributed by atoms with van der Waals surface area (Å²) in [7, 11) is 0. The number of rotatable bonds is 2. The van der Waals surface area contributed by atoms with E-state index < -0.39 is 5.67 Å². The lowest BCUT2D eigenvalue weighted by Gasteiger charge is -2.14. The van der Waals surface area contributed by atoms with Gasteiger partial charge in [0.15, 0.2) is 5.67 Å². The van der Waals surface area contributed by atoms with Crippen molar-refractivity contribution in [3.05, 3.63) is 30.1 Å². The van der Waals surface area contributed by atoms with E-state index in [0.717, 1.165) is 5.52 Å². The zero-order valence-electron chi connectivity index (χ0n) is 8.74. The Morgan fingerprint density at radius 1 is 1.40 bits per heavy atom. The summed E-state index contributed by atoms with van der Waals surface area (Å²) in [5.41, 5.74) is -0.102. The minimum atomic E-state index is -1.55. The van der Waals surface area contributed by atoms with Crippen LogP contribution in [0.1, 0.15) is 19.7 Å². The van der Waals surface area contributed by atoms with Gasteiger partial charge in [0.1, 0.15) is 12.6 Å². The molecule has 0 atom stereocenters. The van der Waals surface area contributed by atoms with Crippen LogP contribution in [-0.4, -0.2) is 14.7 Å². The largest absolute Gasteiger partial charge is 0.376 e. The van der Waals surface area contributed by atoms with Gasteiger partial charge in [-0.3, -0.25) is 0 Å². The number of nitrogens with zero attached hydrogens (tertiary/aromatic N) is 2. The fourth-order valence-electron chi connectivity index (χ4n) is 1.67. The highest BCUT2D eigenvalue weighted by molar-refractivity contribution is 5.76. The molecular formula is C11H13FN2O. The Bertz CT molecular complexity index is 485. The second kappa shape index (κ2) is 3.31. The highest BCUT2D eigenvalue weighted by atomic mass is 19.1. The lowest BCUT2D eigenvalue weighted by atomic mass is 10.1. The average Bonchev–Trinajstić information content (AvgIpc) is 2.55. The normalized spacial score (nSPS) is 12.3. The smallest absolute Gasteiger partial charge is 0.162 e. The number of hydrogen-bond acceptors (Lipinski definition) is 2. The van der Waals surface area contributed by atoms with Crippen LogP contribution in [0.3, 0.4) is 0 Å². The molecule has 0 fully saturated rings. The summed E-state index contributed by atoms with van der Waals surface area (Å²) >= 11 is 0. The van der Waals surface area contributed by atoms with Crippen molar-refractivity contribution in [1.29, 1.82) is 0 Å². The minimum absolute atomic E-state index is 0.256. The van der Waals surface area contributed by atoms with Crippen LogP contribution in [-0.2, 0) is 12.4 Å². The molecule has 15 heavy (non-hydrogen) atoms. The zero-order valence-corrected chi connectivity index (χ0v) is 8.74. The van der Waals surface area contributed by atoms with E-state index in [9.17, 15) is 9.50 Å². The summed E-state index contributed by atoms with van der Waals surface area (Å²) in [4.78, 5) is 4.18. The van der Waals surface area contributed by atoms with E-state index in [2.05, 4.69) is 4.98 Å². The standard InChI is InChI=1S/C11H13FN2O/c1-11(2,12)10-13-8-5-3-4-6-9(8)14(10)7-15/h3-6,15H,7H2,1-2H3. The number of hydrogen-bond donors (Lipinski definition) is 1. The third-order valence-corrected chi connectivity index (χ3v) is 2.33. The monoisotopic (exact) mass is 208 g/mol. The molecule has 2 aromatic rings. The second-order valence-electron chi connectivity index (χ2n) is 3.97. The second-order valence-corrected chi connectivity index (χ2v) is 3.97. The molecular weight excluding hydrogens is 195 g/mol. The number of fused-ring (bicyclic) bond motifs is 1. The molecule has 1 aromatic heterocycles. The molecule has 1 heterocycles. The number of aliphatic hydroxyl groups is 1. The molecule has 4 heteroatoms. The maximum atomic E-state index is 13.8. The third-order valence-electron chi connectivity index (χ3n) is 2.33. The molecule has 0 spiro atoms. The summed E-state index contributed by atoms with van der Waals surface area (Å²) in [5.74, 6) is 0.256. The summed E-state index contributed by atoms with van der Waals surface area (Å²) in [5, 5.41) is 9.22. The van der Waals surface area contributed by atoms with Crippen molar-refractivity contribution in [1.82, 2.24) is 9.55 Å². The number of imidazole rings is 1. The Morgan fingerprint density at radius 2 is 2.07 bits per heavy atom. The predicted molar refractivity (Wildman–Crippen MR) is 56.1 cm³/mol. The quantitative estimate of drug-likeness (QED) is 0.821. The van der Waals surface area contributed by atoms with Crippen molar-refractivity contribution in [3.63, 3.8) is 0 Å². The lowest BCUT2D eigenvalue weighted by molar-refractivity contribution is 0.162. The van der Waals surface area contributed by atoms with Crippen molar-refractivity contribution in [2.45, 2.75) is 26.2 Å². The van der Waals surface area contributed by atoms with Crippen LogP contribution < -0.4 is 0 Å². The fraction of sp³-hybridized carbons (Fsp3) is 0.364. The summed E-state index contributed by atoms with van der Waals surface area (Å²) in [6, 6.07) is 7.29. The maximum Gasteiger partial charge on any atom is 0.162 e. The molecule has 2 rings (SSSR count). The van der Waals surface area contributed by atoms with Crippen LogP contribution in [0.2, 0.25) is 0 Å². The van der Waals surface area contributed by atoms with Gasteiger partial charge in [0.2, 0.25) is 0 Å². The molecule has 0 aliphatic rings. The third kappa shape index (κ3) is 1.61. The van der Waals surface area contributed by atoms with Crippen molar-refractivity contribution < 1.29 is 9.50 Å². The van der Waals surface area contributed by atoms with E-state index in [1.807, 2.05) is 18.2 Å². The molecule has 80 valence electrons. The fourth-order valence-corrected chi connectivity index (χ4v) is 1.67. The van der Waals surface area contributed by atoms with Gasteiger partial charge >= 0.3 is 0 Å². The number of para-hydroxylation sites is 2. The molecule has 0 saturated carbocycles. The average molecular weight is 208 g/mol. The van der Waals surface area contributed by atoms with Crippen molar-refractivity contribution in [2.75, 3.05) is 0 Å². The minimum Gasteiger partial charge on any atom is -0.376 e. The van der Waals surface area contributed by atoms with Crippen molar-refractivity contribution >= 4 is 11.0 Å². The van der Waals surface area contributed by atoms with Gasteiger partial charge < -0.3 is 9.67 Å². The molecule has 1 aromatic carbocycles.